The van der Waals surface area contributed by atoms with E-state index in [9.17, 15) is 16.8 Å². The molecule has 0 atom stereocenters. The van der Waals surface area contributed by atoms with Crippen LogP contribution in [0.5, 0.6) is 0 Å². The minimum atomic E-state index is -3.90. The lowest BCUT2D eigenvalue weighted by molar-refractivity contribution is 0.287. The van der Waals surface area contributed by atoms with Crippen LogP contribution >= 0.6 is 0 Å². The summed E-state index contributed by atoms with van der Waals surface area (Å²) in [5, 5.41) is 5.60. The smallest absolute Gasteiger partial charge is 0.243 e. The fourth-order valence-electron chi connectivity index (χ4n) is 5.88. The number of rotatable bonds is 6. The van der Waals surface area contributed by atoms with Crippen molar-refractivity contribution in [3.8, 4) is 11.3 Å². The molecule has 7 nitrogen and oxygen atoms in total. The average Bonchev–Trinajstić information content (AvgIpc) is 3.15. The lowest BCUT2D eigenvalue weighted by Gasteiger charge is -2.32. The van der Waals surface area contributed by atoms with Crippen molar-refractivity contribution in [3.05, 3.63) is 35.5 Å². The van der Waals surface area contributed by atoms with E-state index < -0.39 is 25.5 Å². The molecule has 1 saturated carbocycles. The van der Waals surface area contributed by atoms with Gasteiger partial charge in [0.1, 0.15) is 4.90 Å². The van der Waals surface area contributed by atoms with Gasteiger partial charge in [0.25, 0.3) is 0 Å². The number of nitrogens with two attached hydrogens (primary N) is 1. The molecule has 1 aliphatic carbocycles. The molecule has 9 heteroatoms. The van der Waals surface area contributed by atoms with Crippen LogP contribution in [0.1, 0.15) is 83.9 Å². The molecule has 4 rings (SSSR count). The summed E-state index contributed by atoms with van der Waals surface area (Å²) < 4.78 is 56.1. The Kier molecular flexibility index (Phi) is 8.02. The molecule has 0 spiro atoms. The maximum absolute atomic E-state index is 13.8. The van der Waals surface area contributed by atoms with E-state index in [1.165, 1.54) is 19.3 Å². The molecule has 2 N–H and O–H groups in total. The first-order chi connectivity index (χ1) is 17.2. The standard InChI is InChI=1S/C28H43N3O4S2/c1-20-13-15-30(16-14-20)37(34,35)26-12-11-23(17-24(26)28(3,4)5)25-18-27(36(29,32)33)21(2)31(25)19-22-9-7-6-8-10-22/h11-12,17-18,20,22H,6-10,13-16,19H2,1-5H3,(H2,29,32,33). The van der Waals surface area contributed by atoms with Crippen molar-refractivity contribution in [3.63, 3.8) is 0 Å². The van der Waals surface area contributed by atoms with Gasteiger partial charge >= 0.3 is 0 Å². The number of aromatic nitrogens is 1. The summed E-state index contributed by atoms with van der Waals surface area (Å²) in [6, 6.07) is 7.15. The second-order valence-electron chi connectivity index (χ2n) is 12.2. The Bertz CT molecular complexity index is 1340. The Labute approximate surface area is 223 Å². The second kappa shape index (κ2) is 10.5. The molecular formula is C28H43N3O4S2. The number of primary sulfonamides is 1. The summed E-state index contributed by atoms with van der Waals surface area (Å²) >= 11 is 0. The molecule has 1 aromatic carbocycles. The van der Waals surface area contributed by atoms with Crippen molar-refractivity contribution >= 4 is 20.0 Å². The quantitative estimate of drug-likeness (QED) is 0.520. The number of sulfonamides is 2. The van der Waals surface area contributed by atoms with Gasteiger partial charge in [0.15, 0.2) is 0 Å². The third kappa shape index (κ3) is 6.00. The largest absolute Gasteiger partial charge is 0.343 e. The minimum Gasteiger partial charge on any atom is -0.343 e. The van der Waals surface area contributed by atoms with Crippen LogP contribution in [-0.4, -0.2) is 38.8 Å². The topological polar surface area (TPSA) is 102 Å². The highest BCUT2D eigenvalue weighted by molar-refractivity contribution is 7.89. The summed E-state index contributed by atoms with van der Waals surface area (Å²) in [6.07, 6.45) is 7.62. The molecule has 0 bridgehead atoms. The van der Waals surface area contributed by atoms with E-state index in [4.69, 9.17) is 5.14 Å². The molecule has 2 aliphatic rings. The fraction of sp³-hybridized carbons (Fsp3) is 0.643. The number of hydrogen-bond donors (Lipinski definition) is 1. The highest BCUT2D eigenvalue weighted by Gasteiger charge is 2.33. The first-order valence-electron chi connectivity index (χ1n) is 13.6. The zero-order chi connectivity index (χ0) is 27.2. The SMILES string of the molecule is Cc1c(S(N)(=O)=O)cc(-c2ccc(S(=O)(=O)N3CCC(C)CC3)c(C(C)(C)C)c2)n1CC1CCCCC1. The van der Waals surface area contributed by atoms with Crippen LogP contribution in [0.3, 0.4) is 0 Å². The van der Waals surface area contributed by atoms with Crippen LogP contribution in [0.15, 0.2) is 34.1 Å². The van der Waals surface area contributed by atoms with Gasteiger partial charge in [-0.1, -0.05) is 53.0 Å². The van der Waals surface area contributed by atoms with E-state index in [-0.39, 0.29) is 4.90 Å². The van der Waals surface area contributed by atoms with Gasteiger partial charge in [-0.15, -0.1) is 0 Å². The first-order valence-corrected chi connectivity index (χ1v) is 16.6. The van der Waals surface area contributed by atoms with E-state index in [1.807, 2.05) is 39.8 Å². The fourth-order valence-corrected chi connectivity index (χ4v) is 8.53. The summed E-state index contributed by atoms with van der Waals surface area (Å²) in [5.41, 5.74) is 2.53. The maximum Gasteiger partial charge on any atom is 0.243 e. The summed E-state index contributed by atoms with van der Waals surface area (Å²) in [7, 11) is -7.54. The summed E-state index contributed by atoms with van der Waals surface area (Å²) in [6.45, 7) is 11.8. The zero-order valence-corrected chi connectivity index (χ0v) is 24.6. The normalized spacial score (nSPS) is 19.4. The third-order valence-electron chi connectivity index (χ3n) is 8.24. The molecule has 0 radical (unpaired) electrons. The predicted molar refractivity (Wildman–Crippen MR) is 148 cm³/mol. The first kappa shape index (κ1) is 28.3. The van der Waals surface area contributed by atoms with E-state index >= 15 is 0 Å². The molecule has 1 saturated heterocycles. The molecule has 2 fully saturated rings. The van der Waals surface area contributed by atoms with Gasteiger partial charge < -0.3 is 4.57 Å². The Balaban J connectivity index is 1.83. The molecule has 1 aromatic heterocycles. The zero-order valence-electron chi connectivity index (χ0n) is 23.0. The van der Waals surface area contributed by atoms with Crippen molar-refractivity contribution in [1.82, 2.24) is 8.87 Å². The van der Waals surface area contributed by atoms with Crippen LogP contribution in [0.2, 0.25) is 0 Å². The van der Waals surface area contributed by atoms with Gasteiger partial charge in [-0.2, -0.15) is 4.31 Å². The summed E-state index contributed by atoms with van der Waals surface area (Å²) in [5.74, 6) is 1.01. The number of piperidine rings is 1. The Morgan fingerprint density at radius 2 is 1.54 bits per heavy atom. The Morgan fingerprint density at radius 3 is 2.11 bits per heavy atom. The van der Waals surface area contributed by atoms with Crippen LogP contribution < -0.4 is 5.14 Å². The van der Waals surface area contributed by atoms with Crippen LogP contribution in [0, 0.1) is 18.8 Å². The highest BCUT2D eigenvalue weighted by atomic mass is 32.2. The van der Waals surface area contributed by atoms with E-state index in [0.29, 0.717) is 35.5 Å². The predicted octanol–water partition coefficient (Wildman–Crippen LogP) is 5.41. The molecule has 37 heavy (non-hydrogen) atoms. The van der Waals surface area contributed by atoms with Crippen LogP contribution in [-0.2, 0) is 32.0 Å². The second-order valence-corrected chi connectivity index (χ2v) is 15.6. The van der Waals surface area contributed by atoms with Gasteiger partial charge in [0.2, 0.25) is 20.0 Å². The van der Waals surface area contributed by atoms with Gasteiger partial charge in [-0.05, 0) is 79.2 Å². The van der Waals surface area contributed by atoms with Crippen molar-refractivity contribution in [2.24, 2.45) is 17.0 Å². The monoisotopic (exact) mass is 549 g/mol. The molecule has 0 amide bonds. The third-order valence-corrected chi connectivity index (χ3v) is 11.2. The molecule has 2 heterocycles. The molecule has 1 aliphatic heterocycles. The number of benzene rings is 1. The molecular weight excluding hydrogens is 506 g/mol. The molecule has 0 unspecified atom stereocenters. The van der Waals surface area contributed by atoms with Crippen molar-refractivity contribution in [2.75, 3.05) is 13.1 Å². The van der Waals surface area contributed by atoms with Crippen molar-refractivity contribution in [1.29, 1.82) is 0 Å². The Morgan fingerprint density at radius 1 is 0.919 bits per heavy atom. The summed E-state index contributed by atoms with van der Waals surface area (Å²) in [4.78, 5) is 0.474. The van der Waals surface area contributed by atoms with Gasteiger partial charge in [0.05, 0.1) is 4.90 Å². The van der Waals surface area contributed by atoms with Crippen molar-refractivity contribution < 1.29 is 16.8 Å². The molecule has 206 valence electrons. The van der Waals surface area contributed by atoms with Gasteiger partial charge in [-0.25, -0.2) is 22.0 Å². The van der Waals surface area contributed by atoms with E-state index in [2.05, 4.69) is 11.5 Å². The Hall–Kier alpha value is -1.68. The van der Waals surface area contributed by atoms with Gasteiger partial charge in [-0.3, -0.25) is 0 Å². The highest BCUT2D eigenvalue weighted by Crippen LogP contribution is 2.38. The number of hydrogen-bond acceptors (Lipinski definition) is 4. The van der Waals surface area contributed by atoms with Crippen LogP contribution in [0.25, 0.3) is 11.3 Å². The lowest BCUT2D eigenvalue weighted by Crippen LogP contribution is -2.38. The lowest BCUT2D eigenvalue weighted by atomic mass is 9.85. The average molecular weight is 550 g/mol. The van der Waals surface area contributed by atoms with Gasteiger partial charge in [0, 0.05) is 31.0 Å². The number of nitrogens with zero attached hydrogens (tertiary/aromatic N) is 2. The van der Waals surface area contributed by atoms with Crippen LogP contribution in [0.4, 0.5) is 0 Å². The minimum absolute atomic E-state index is 0.134. The van der Waals surface area contributed by atoms with Crippen molar-refractivity contribution in [2.45, 2.75) is 101 Å². The van der Waals surface area contributed by atoms with E-state index in [0.717, 1.165) is 49.0 Å². The van der Waals surface area contributed by atoms with E-state index in [1.54, 1.807) is 16.4 Å². The molecule has 2 aromatic rings. The maximum atomic E-state index is 13.8.